The summed E-state index contributed by atoms with van der Waals surface area (Å²) in [6.45, 7) is 0. The Kier molecular flexibility index (Phi) is 2.47. The van der Waals surface area contributed by atoms with Gasteiger partial charge in [0.15, 0.2) is 6.29 Å². The van der Waals surface area contributed by atoms with Gasteiger partial charge in [0, 0.05) is 12.4 Å². The number of rotatable bonds is 3. The molecule has 2 aromatic heterocycles. The van der Waals surface area contributed by atoms with Gasteiger partial charge in [-0.1, -0.05) is 0 Å². The van der Waals surface area contributed by atoms with E-state index in [1.54, 1.807) is 12.1 Å². The molecule has 6 nitrogen and oxygen atoms in total. The largest absolute Gasteiger partial charge is 0.366 e. The molecule has 2 N–H and O–H groups in total. The fourth-order valence-corrected chi connectivity index (χ4v) is 1.28. The van der Waals surface area contributed by atoms with Crippen LogP contribution in [0.4, 0.5) is 0 Å². The van der Waals surface area contributed by atoms with Crippen LogP contribution in [0.25, 0.3) is 5.69 Å². The Hall–Kier alpha value is -2.50. The molecule has 0 aromatic carbocycles. The van der Waals surface area contributed by atoms with Gasteiger partial charge in [0.05, 0.1) is 17.4 Å². The van der Waals surface area contributed by atoms with E-state index in [9.17, 15) is 9.59 Å². The van der Waals surface area contributed by atoms with Crippen molar-refractivity contribution >= 4 is 12.2 Å². The summed E-state index contributed by atoms with van der Waals surface area (Å²) in [5.41, 5.74) is 6.13. The Bertz CT molecular complexity index is 547. The molecule has 80 valence electrons. The Morgan fingerprint density at radius 2 is 2.31 bits per heavy atom. The van der Waals surface area contributed by atoms with E-state index < -0.39 is 5.91 Å². The van der Waals surface area contributed by atoms with Crippen LogP contribution >= 0.6 is 0 Å². The topological polar surface area (TPSA) is 90.9 Å². The average molecular weight is 216 g/mol. The van der Waals surface area contributed by atoms with Gasteiger partial charge >= 0.3 is 0 Å². The number of hydrogen-bond donors (Lipinski definition) is 1. The molecule has 1 amide bonds. The molecule has 0 spiro atoms. The molecule has 0 radical (unpaired) electrons. The first kappa shape index (κ1) is 10.0. The first-order valence-electron chi connectivity index (χ1n) is 4.47. The number of hydrogen-bond acceptors (Lipinski definition) is 4. The van der Waals surface area contributed by atoms with E-state index in [1.807, 2.05) is 0 Å². The molecule has 0 aliphatic heterocycles. The normalized spacial score (nSPS) is 10.0. The quantitative estimate of drug-likeness (QED) is 0.741. The van der Waals surface area contributed by atoms with Gasteiger partial charge in [-0.05, 0) is 12.1 Å². The molecule has 0 unspecified atom stereocenters. The molecule has 2 aromatic rings. The number of nitrogens with two attached hydrogens (primary N) is 1. The van der Waals surface area contributed by atoms with E-state index >= 15 is 0 Å². The van der Waals surface area contributed by atoms with Crippen molar-refractivity contribution in [2.45, 2.75) is 0 Å². The molecular formula is C10H8N4O2. The fourth-order valence-electron chi connectivity index (χ4n) is 1.28. The highest BCUT2D eigenvalue weighted by Crippen LogP contribution is 2.10. The average Bonchev–Trinajstić information content (AvgIpc) is 2.78. The number of primary amides is 1. The molecule has 0 aliphatic carbocycles. The lowest BCUT2D eigenvalue weighted by molar-refractivity contribution is 0.1000. The summed E-state index contributed by atoms with van der Waals surface area (Å²) in [5.74, 6) is -0.567. The molecule has 0 atom stereocenters. The van der Waals surface area contributed by atoms with Gasteiger partial charge in [0.25, 0.3) is 5.91 Å². The molecule has 0 saturated heterocycles. The molecule has 0 saturated carbocycles. The summed E-state index contributed by atoms with van der Waals surface area (Å²) >= 11 is 0. The third-order valence-electron chi connectivity index (χ3n) is 2.04. The Morgan fingerprint density at radius 1 is 1.50 bits per heavy atom. The van der Waals surface area contributed by atoms with Crippen LogP contribution in [0.15, 0.2) is 30.7 Å². The first-order valence-corrected chi connectivity index (χ1v) is 4.47. The predicted octanol–water partition coefficient (Wildman–Crippen LogP) is 0.179. The molecule has 0 bridgehead atoms. The minimum absolute atomic E-state index is 0.252. The van der Waals surface area contributed by atoms with Gasteiger partial charge in [-0.15, -0.1) is 0 Å². The molecule has 2 heterocycles. The summed E-state index contributed by atoms with van der Waals surface area (Å²) in [5, 5.41) is 3.93. The summed E-state index contributed by atoms with van der Waals surface area (Å²) in [6, 6.07) is 3.35. The second kappa shape index (κ2) is 3.93. The highest BCUT2D eigenvalue weighted by molar-refractivity contribution is 5.92. The Labute approximate surface area is 90.7 Å². The molecule has 6 heteroatoms. The van der Waals surface area contributed by atoms with Crippen LogP contribution in [0.5, 0.6) is 0 Å². The smallest absolute Gasteiger partial charge is 0.251 e. The van der Waals surface area contributed by atoms with Crippen LogP contribution in [0.3, 0.4) is 0 Å². The Balaban J connectivity index is 2.50. The fraction of sp³-hybridized carbons (Fsp3) is 0. The zero-order valence-corrected chi connectivity index (χ0v) is 8.20. The summed E-state index contributed by atoms with van der Waals surface area (Å²) < 4.78 is 1.39. The zero-order chi connectivity index (χ0) is 11.5. The maximum Gasteiger partial charge on any atom is 0.251 e. The van der Waals surface area contributed by atoms with Gasteiger partial charge in [0.2, 0.25) is 0 Å². The second-order valence-electron chi connectivity index (χ2n) is 3.06. The monoisotopic (exact) mass is 216 g/mol. The maximum atomic E-state index is 10.9. The van der Waals surface area contributed by atoms with Gasteiger partial charge < -0.3 is 5.73 Å². The summed E-state index contributed by atoms with van der Waals surface area (Å²) in [7, 11) is 0. The maximum absolute atomic E-state index is 10.9. The van der Waals surface area contributed by atoms with Crippen molar-refractivity contribution in [3.63, 3.8) is 0 Å². The van der Waals surface area contributed by atoms with Crippen LogP contribution in [0.1, 0.15) is 20.8 Å². The summed E-state index contributed by atoms with van der Waals surface area (Å²) in [6.07, 6.45) is 4.92. The van der Waals surface area contributed by atoms with Crippen molar-refractivity contribution in [1.82, 2.24) is 14.8 Å². The zero-order valence-electron chi connectivity index (χ0n) is 8.20. The summed E-state index contributed by atoms with van der Waals surface area (Å²) in [4.78, 5) is 25.5. The number of nitrogens with zero attached hydrogens (tertiary/aromatic N) is 3. The van der Waals surface area contributed by atoms with Crippen LogP contribution in [-0.2, 0) is 0 Å². The standard InChI is InChI=1S/C10H8N4O2/c11-10(16)7-4-13-14(5-7)9-2-1-3-12-8(9)6-15/h1-6H,(H2,11,16). The number of carbonyl (C=O) groups is 2. The van der Waals surface area contributed by atoms with Crippen molar-refractivity contribution < 1.29 is 9.59 Å². The van der Waals surface area contributed by atoms with Crippen LogP contribution in [0, 0.1) is 0 Å². The van der Waals surface area contributed by atoms with Gasteiger partial charge in [-0.25, -0.2) is 4.68 Å². The van der Waals surface area contributed by atoms with Crippen LogP contribution in [0.2, 0.25) is 0 Å². The molecule has 2 rings (SSSR count). The molecular weight excluding hydrogens is 208 g/mol. The van der Waals surface area contributed by atoms with Crippen molar-refractivity contribution in [3.05, 3.63) is 42.0 Å². The lowest BCUT2D eigenvalue weighted by Crippen LogP contribution is -2.09. The van der Waals surface area contributed by atoms with Crippen LogP contribution < -0.4 is 5.73 Å². The number of amides is 1. The lowest BCUT2D eigenvalue weighted by Gasteiger charge is -2.02. The van der Waals surface area contributed by atoms with E-state index in [2.05, 4.69) is 10.1 Å². The van der Waals surface area contributed by atoms with Crippen LogP contribution in [-0.4, -0.2) is 27.0 Å². The van der Waals surface area contributed by atoms with Gasteiger partial charge in [-0.2, -0.15) is 5.10 Å². The molecule has 16 heavy (non-hydrogen) atoms. The number of aromatic nitrogens is 3. The number of carbonyl (C=O) groups excluding carboxylic acids is 2. The SMILES string of the molecule is NC(=O)c1cnn(-c2cccnc2C=O)c1. The second-order valence-corrected chi connectivity index (χ2v) is 3.06. The van der Waals surface area contributed by atoms with E-state index in [0.29, 0.717) is 12.0 Å². The minimum Gasteiger partial charge on any atom is -0.366 e. The highest BCUT2D eigenvalue weighted by atomic mass is 16.1. The predicted molar refractivity (Wildman–Crippen MR) is 55.3 cm³/mol. The van der Waals surface area contributed by atoms with Crippen molar-refractivity contribution in [3.8, 4) is 5.69 Å². The minimum atomic E-state index is -0.567. The molecule has 0 fully saturated rings. The number of aldehydes is 1. The van der Waals surface area contributed by atoms with E-state index in [-0.39, 0.29) is 11.3 Å². The Morgan fingerprint density at radius 3 is 2.94 bits per heavy atom. The third-order valence-corrected chi connectivity index (χ3v) is 2.04. The van der Waals surface area contributed by atoms with E-state index in [0.717, 1.165) is 0 Å². The first-order chi connectivity index (χ1) is 7.72. The van der Waals surface area contributed by atoms with Crippen molar-refractivity contribution in [2.75, 3.05) is 0 Å². The van der Waals surface area contributed by atoms with Gasteiger partial charge in [0.1, 0.15) is 5.69 Å². The van der Waals surface area contributed by atoms with E-state index in [1.165, 1.54) is 23.3 Å². The lowest BCUT2D eigenvalue weighted by atomic mass is 10.3. The number of pyridine rings is 1. The van der Waals surface area contributed by atoms with Gasteiger partial charge in [-0.3, -0.25) is 14.6 Å². The van der Waals surface area contributed by atoms with Crippen molar-refractivity contribution in [1.29, 1.82) is 0 Å². The third kappa shape index (κ3) is 1.68. The molecule has 0 aliphatic rings. The highest BCUT2D eigenvalue weighted by Gasteiger charge is 2.08. The van der Waals surface area contributed by atoms with E-state index in [4.69, 9.17) is 5.73 Å². The van der Waals surface area contributed by atoms with Crippen molar-refractivity contribution in [2.24, 2.45) is 5.73 Å².